The number of H-pyrrole nitrogens is 1. The fraction of sp³-hybridized carbons (Fsp3) is 0.200. The summed E-state index contributed by atoms with van der Waals surface area (Å²) in [4.78, 5) is 27.0. The normalized spacial score (nSPS) is 10.4. The Labute approximate surface area is 156 Å². The first kappa shape index (κ1) is 18.3. The summed E-state index contributed by atoms with van der Waals surface area (Å²) in [7, 11) is 0. The highest BCUT2D eigenvalue weighted by molar-refractivity contribution is 5.96. The number of hydrogen-bond donors (Lipinski definition) is 2. The smallest absolute Gasteiger partial charge is 0.340 e. The summed E-state index contributed by atoms with van der Waals surface area (Å²) in [6, 6.07) is 14.7. The van der Waals surface area contributed by atoms with Crippen LogP contribution in [0.25, 0.3) is 0 Å². The number of hydrogen-bond acceptors (Lipinski definition) is 6. The first-order valence-corrected chi connectivity index (χ1v) is 8.61. The molecule has 2 aromatic carbocycles. The Kier molecular flexibility index (Phi) is 5.61. The molecule has 0 aliphatic heterocycles. The zero-order valence-electron chi connectivity index (χ0n) is 15.2. The van der Waals surface area contributed by atoms with Gasteiger partial charge in [0.2, 0.25) is 5.95 Å². The van der Waals surface area contributed by atoms with E-state index in [0.717, 1.165) is 11.1 Å². The Morgan fingerprint density at radius 2 is 1.85 bits per heavy atom. The summed E-state index contributed by atoms with van der Waals surface area (Å²) in [6.45, 7) is 4.02. The van der Waals surface area contributed by atoms with Crippen LogP contribution in [-0.2, 0) is 11.2 Å². The van der Waals surface area contributed by atoms with Crippen molar-refractivity contribution in [1.82, 2.24) is 15.2 Å². The lowest BCUT2D eigenvalue weighted by Gasteiger charge is -2.10. The number of nitrogens with one attached hydrogen (secondary N) is 2. The molecule has 0 radical (unpaired) electrons. The van der Waals surface area contributed by atoms with Crippen molar-refractivity contribution in [3.63, 3.8) is 0 Å². The average Bonchev–Trinajstić information content (AvgIpc) is 2.66. The lowest BCUT2D eigenvalue weighted by molar-refractivity contribution is 0.0527. The number of para-hydroxylation sites is 1. The SMILES string of the molecule is CCOC(=O)c1ccccc1Nc1nnc(Cc2ccc(C)cc2)c(=O)[nH]1. The van der Waals surface area contributed by atoms with Gasteiger partial charge in [-0.15, -0.1) is 10.2 Å². The standard InChI is InChI=1S/C20H20N4O3/c1-3-27-19(26)15-6-4-5-7-16(15)21-20-22-18(25)17(23-24-20)12-14-10-8-13(2)9-11-14/h4-11H,3,12H2,1-2H3,(H2,21,22,24,25). The number of aromatic amines is 1. The number of ether oxygens (including phenoxy) is 1. The van der Waals surface area contributed by atoms with Crippen molar-refractivity contribution in [3.05, 3.63) is 81.3 Å². The Morgan fingerprint density at radius 1 is 1.11 bits per heavy atom. The molecule has 0 aliphatic carbocycles. The van der Waals surface area contributed by atoms with Crippen LogP contribution in [0.4, 0.5) is 11.6 Å². The van der Waals surface area contributed by atoms with Crippen LogP contribution in [0.15, 0.2) is 53.3 Å². The van der Waals surface area contributed by atoms with Gasteiger partial charge in [-0.25, -0.2) is 4.79 Å². The van der Waals surface area contributed by atoms with Crippen LogP contribution < -0.4 is 10.9 Å². The van der Waals surface area contributed by atoms with Gasteiger partial charge >= 0.3 is 5.97 Å². The van der Waals surface area contributed by atoms with Gasteiger partial charge in [-0.1, -0.05) is 42.0 Å². The molecule has 0 bridgehead atoms. The van der Waals surface area contributed by atoms with Crippen LogP contribution in [0.1, 0.15) is 34.1 Å². The highest BCUT2D eigenvalue weighted by atomic mass is 16.5. The molecule has 0 saturated carbocycles. The molecule has 138 valence electrons. The van der Waals surface area contributed by atoms with Gasteiger partial charge in [0.05, 0.1) is 17.9 Å². The molecule has 7 heteroatoms. The molecule has 0 unspecified atom stereocenters. The summed E-state index contributed by atoms with van der Waals surface area (Å²) in [5.74, 6) is -0.295. The molecule has 0 saturated heterocycles. The molecule has 0 atom stereocenters. The number of aryl methyl sites for hydroxylation is 1. The first-order valence-electron chi connectivity index (χ1n) is 8.61. The van der Waals surface area contributed by atoms with Crippen molar-refractivity contribution in [2.24, 2.45) is 0 Å². The van der Waals surface area contributed by atoms with Crippen molar-refractivity contribution < 1.29 is 9.53 Å². The number of carbonyl (C=O) groups is 1. The fourth-order valence-electron chi connectivity index (χ4n) is 2.54. The van der Waals surface area contributed by atoms with E-state index in [2.05, 4.69) is 20.5 Å². The predicted molar refractivity (Wildman–Crippen MR) is 102 cm³/mol. The third-order valence-corrected chi connectivity index (χ3v) is 3.93. The minimum absolute atomic E-state index is 0.157. The maximum absolute atomic E-state index is 12.3. The molecule has 2 N–H and O–H groups in total. The van der Waals surface area contributed by atoms with Crippen molar-refractivity contribution in [2.75, 3.05) is 11.9 Å². The van der Waals surface area contributed by atoms with E-state index < -0.39 is 5.97 Å². The van der Waals surface area contributed by atoms with Gasteiger partial charge in [-0.3, -0.25) is 9.78 Å². The molecule has 0 amide bonds. The molecule has 0 spiro atoms. The number of aromatic nitrogens is 3. The number of benzene rings is 2. The van der Waals surface area contributed by atoms with Crippen LogP contribution in [0, 0.1) is 6.92 Å². The second kappa shape index (κ2) is 8.27. The van der Waals surface area contributed by atoms with Crippen molar-refractivity contribution in [2.45, 2.75) is 20.3 Å². The highest BCUT2D eigenvalue weighted by Gasteiger charge is 2.13. The van der Waals surface area contributed by atoms with Gasteiger partial charge in [0, 0.05) is 6.42 Å². The third kappa shape index (κ3) is 4.58. The van der Waals surface area contributed by atoms with Gasteiger partial charge < -0.3 is 10.1 Å². The van der Waals surface area contributed by atoms with Crippen LogP contribution in [0.3, 0.4) is 0 Å². The van der Waals surface area contributed by atoms with Crippen LogP contribution in [0.5, 0.6) is 0 Å². The second-order valence-corrected chi connectivity index (χ2v) is 6.00. The Morgan fingerprint density at radius 3 is 2.56 bits per heavy atom. The summed E-state index contributed by atoms with van der Waals surface area (Å²) in [5.41, 5.74) is 2.95. The molecule has 27 heavy (non-hydrogen) atoms. The van der Waals surface area contributed by atoms with Gasteiger partial charge in [0.15, 0.2) is 0 Å². The molecule has 0 aliphatic rings. The molecule has 1 aromatic heterocycles. The second-order valence-electron chi connectivity index (χ2n) is 6.00. The Balaban J connectivity index is 1.80. The monoisotopic (exact) mass is 364 g/mol. The summed E-state index contributed by atoms with van der Waals surface area (Å²) in [6.07, 6.45) is 0.391. The third-order valence-electron chi connectivity index (χ3n) is 3.93. The van der Waals surface area contributed by atoms with Crippen molar-refractivity contribution >= 4 is 17.6 Å². The van der Waals surface area contributed by atoms with E-state index in [1.54, 1.807) is 31.2 Å². The molecular formula is C20H20N4O3. The Hall–Kier alpha value is -3.48. The van der Waals surface area contributed by atoms with E-state index >= 15 is 0 Å². The summed E-state index contributed by atoms with van der Waals surface area (Å²) >= 11 is 0. The molecule has 3 aromatic rings. The summed E-state index contributed by atoms with van der Waals surface area (Å²) < 4.78 is 5.04. The number of rotatable bonds is 6. The zero-order chi connectivity index (χ0) is 19.2. The summed E-state index contributed by atoms with van der Waals surface area (Å²) in [5, 5.41) is 11.0. The van der Waals surface area contributed by atoms with Crippen LogP contribution in [0.2, 0.25) is 0 Å². The van der Waals surface area contributed by atoms with E-state index in [4.69, 9.17) is 4.74 Å². The maximum Gasteiger partial charge on any atom is 0.340 e. The fourth-order valence-corrected chi connectivity index (χ4v) is 2.54. The quantitative estimate of drug-likeness (QED) is 0.653. The van der Waals surface area contributed by atoms with E-state index in [1.165, 1.54) is 0 Å². The van der Waals surface area contributed by atoms with Crippen LogP contribution in [-0.4, -0.2) is 27.8 Å². The number of anilines is 2. The minimum Gasteiger partial charge on any atom is -0.462 e. The lowest BCUT2D eigenvalue weighted by atomic mass is 10.1. The van der Waals surface area contributed by atoms with Gasteiger partial charge in [-0.2, -0.15) is 0 Å². The number of carbonyl (C=O) groups excluding carboxylic acids is 1. The zero-order valence-corrected chi connectivity index (χ0v) is 15.2. The molecule has 1 heterocycles. The number of esters is 1. The lowest BCUT2D eigenvalue weighted by Crippen LogP contribution is -2.19. The van der Waals surface area contributed by atoms with Gasteiger partial charge in [0.1, 0.15) is 5.69 Å². The predicted octanol–water partition coefficient (Wildman–Crippen LogP) is 2.98. The molecule has 0 fully saturated rings. The first-order chi connectivity index (χ1) is 13.1. The van der Waals surface area contributed by atoms with E-state index in [9.17, 15) is 9.59 Å². The van der Waals surface area contributed by atoms with E-state index in [1.807, 2.05) is 31.2 Å². The molecule has 3 rings (SSSR count). The minimum atomic E-state index is -0.452. The maximum atomic E-state index is 12.3. The highest BCUT2D eigenvalue weighted by Crippen LogP contribution is 2.19. The van der Waals surface area contributed by atoms with E-state index in [-0.39, 0.29) is 18.1 Å². The number of nitrogens with zero attached hydrogens (tertiary/aromatic N) is 2. The molecule has 7 nitrogen and oxygen atoms in total. The molecular weight excluding hydrogens is 344 g/mol. The van der Waals surface area contributed by atoms with Crippen molar-refractivity contribution in [1.29, 1.82) is 0 Å². The Bertz CT molecular complexity index is 997. The van der Waals surface area contributed by atoms with Gasteiger partial charge in [0.25, 0.3) is 5.56 Å². The van der Waals surface area contributed by atoms with Crippen LogP contribution >= 0.6 is 0 Å². The largest absolute Gasteiger partial charge is 0.462 e. The van der Waals surface area contributed by atoms with Gasteiger partial charge in [-0.05, 0) is 31.5 Å². The average molecular weight is 364 g/mol. The van der Waals surface area contributed by atoms with E-state index in [0.29, 0.717) is 23.4 Å². The topological polar surface area (TPSA) is 97.0 Å². The van der Waals surface area contributed by atoms with Crippen molar-refractivity contribution in [3.8, 4) is 0 Å².